The van der Waals surface area contributed by atoms with Gasteiger partial charge in [-0.25, -0.2) is 0 Å². The zero-order valence-electron chi connectivity index (χ0n) is 16.2. The molecule has 0 spiro atoms. The lowest BCUT2D eigenvalue weighted by Crippen LogP contribution is -2.67. The molecule has 0 saturated carbocycles. The largest absolute Gasteiger partial charge is 0.391 e. The van der Waals surface area contributed by atoms with Gasteiger partial charge in [0.15, 0.2) is 5.78 Å². The summed E-state index contributed by atoms with van der Waals surface area (Å²) in [7, 11) is -2.64. The molecular formula is C20H30O4Si. The predicted molar refractivity (Wildman–Crippen MR) is 99.7 cm³/mol. The maximum Gasteiger partial charge on any atom is 0.350 e. The lowest BCUT2D eigenvalue weighted by atomic mass is 9.95. The van der Waals surface area contributed by atoms with Crippen LogP contribution in [0.3, 0.4) is 0 Å². The highest BCUT2D eigenvalue weighted by Crippen LogP contribution is 2.55. The SMILES string of the molecule is CC(C)(C)[Si]1(C(C)(C)C)OC[C@H]2O[C@H](c3ccccc3)CC(=O)[C@@H]2O1. The van der Waals surface area contributed by atoms with Gasteiger partial charge in [-0.2, -0.15) is 0 Å². The minimum Gasteiger partial charge on any atom is -0.391 e. The van der Waals surface area contributed by atoms with Crippen LogP contribution in [0.2, 0.25) is 10.1 Å². The Bertz CT molecular complexity index is 615. The van der Waals surface area contributed by atoms with Gasteiger partial charge in [-0.15, -0.1) is 0 Å². The van der Waals surface area contributed by atoms with E-state index in [1.807, 2.05) is 30.3 Å². The van der Waals surface area contributed by atoms with Crippen molar-refractivity contribution in [2.45, 2.75) is 76.4 Å². The average molecular weight is 363 g/mol. The van der Waals surface area contributed by atoms with Gasteiger partial charge in [0.2, 0.25) is 0 Å². The van der Waals surface area contributed by atoms with Crippen molar-refractivity contribution in [3.63, 3.8) is 0 Å². The van der Waals surface area contributed by atoms with Gasteiger partial charge in [0.05, 0.1) is 12.7 Å². The second-order valence-electron chi connectivity index (χ2n) is 9.21. The quantitative estimate of drug-likeness (QED) is 0.688. The summed E-state index contributed by atoms with van der Waals surface area (Å²) in [6.45, 7) is 13.4. The third-order valence-electron chi connectivity index (χ3n) is 5.27. The number of hydrogen-bond acceptors (Lipinski definition) is 4. The summed E-state index contributed by atoms with van der Waals surface area (Å²) in [5, 5.41) is -0.264. The van der Waals surface area contributed by atoms with Gasteiger partial charge in [-0.05, 0) is 5.56 Å². The summed E-state index contributed by atoms with van der Waals surface area (Å²) in [5.41, 5.74) is 1.04. The molecule has 0 unspecified atom stereocenters. The third-order valence-corrected chi connectivity index (χ3v) is 10.4. The molecular weight excluding hydrogens is 332 g/mol. The summed E-state index contributed by atoms with van der Waals surface area (Å²) in [5.74, 6) is 0.138. The van der Waals surface area contributed by atoms with Crippen molar-refractivity contribution in [3.05, 3.63) is 35.9 Å². The number of fused-ring (bicyclic) bond motifs is 1. The van der Waals surface area contributed by atoms with Crippen molar-refractivity contribution < 1.29 is 18.4 Å². The fourth-order valence-corrected chi connectivity index (χ4v) is 9.22. The Balaban J connectivity index is 1.85. The van der Waals surface area contributed by atoms with Crippen molar-refractivity contribution in [2.75, 3.05) is 6.61 Å². The molecule has 0 aliphatic carbocycles. The maximum atomic E-state index is 12.9. The molecule has 2 fully saturated rings. The smallest absolute Gasteiger partial charge is 0.350 e. The fourth-order valence-electron chi connectivity index (χ4n) is 4.29. The Labute approximate surface area is 152 Å². The first-order valence-electron chi connectivity index (χ1n) is 9.10. The highest BCUT2D eigenvalue weighted by Gasteiger charge is 2.63. The van der Waals surface area contributed by atoms with E-state index in [1.54, 1.807) is 0 Å². The average Bonchev–Trinajstić information content (AvgIpc) is 2.53. The Morgan fingerprint density at radius 3 is 2.16 bits per heavy atom. The first-order valence-corrected chi connectivity index (χ1v) is 10.9. The minimum atomic E-state index is -2.64. The van der Waals surface area contributed by atoms with Crippen molar-refractivity contribution in [3.8, 4) is 0 Å². The summed E-state index contributed by atoms with van der Waals surface area (Å²) >= 11 is 0. The number of ketones is 1. The molecule has 0 amide bonds. The Kier molecular flexibility index (Phi) is 4.73. The zero-order valence-corrected chi connectivity index (χ0v) is 17.2. The highest BCUT2D eigenvalue weighted by atomic mass is 28.4. The standard InChI is InChI=1S/C20H30O4Si/c1-19(2,3)25(20(4,5)6)22-13-17-18(24-25)15(21)12-16(23-17)14-10-8-7-9-11-14/h7-11,16-18H,12-13H2,1-6H3/t16-,17+,18-/m0/s1. The monoisotopic (exact) mass is 362 g/mol. The highest BCUT2D eigenvalue weighted by molar-refractivity contribution is 6.73. The van der Waals surface area contributed by atoms with Gasteiger partial charge in [0.25, 0.3) is 0 Å². The molecule has 1 aromatic carbocycles. The van der Waals surface area contributed by atoms with Crippen LogP contribution < -0.4 is 0 Å². The van der Waals surface area contributed by atoms with E-state index >= 15 is 0 Å². The van der Waals surface area contributed by atoms with E-state index in [9.17, 15) is 4.79 Å². The molecule has 1 aromatic rings. The first kappa shape index (κ1) is 18.8. The normalized spacial score (nSPS) is 30.0. The molecule has 138 valence electrons. The summed E-state index contributed by atoms with van der Waals surface area (Å²) in [6.07, 6.45) is -0.666. The fraction of sp³-hybridized carbons (Fsp3) is 0.650. The molecule has 0 bridgehead atoms. The topological polar surface area (TPSA) is 44.8 Å². The molecule has 2 saturated heterocycles. The van der Waals surface area contributed by atoms with Crippen molar-refractivity contribution in [2.24, 2.45) is 0 Å². The first-order chi connectivity index (χ1) is 11.6. The van der Waals surface area contributed by atoms with Crippen LogP contribution in [-0.2, 0) is 18.4 Å². The summed E-state index contributed by atoms with van der Waals surface area (Å²) in [4.78, 5) is 12.9. The third kappa shape index (κ3) is 3.23. The lowest BCUT2D eigenvalue weighted by molar-refractivity contribution is -0.177. The maximum absolute atomic E-state index is 12.9. The Morgan fingerprint density at radius 1 is 1.00 bits per heavy atom. The molecule has 5 heteroatoms. The van der Waals surface area contributed by atoms with Crippen LogP contribution in [0.25, 0.3) is 0 Å². The molecule has 0 radical (unpaired) electrons. The van der Waals surface area contributed by atoms with Crippen LogP contribution in [0.1, 0.15) is 59.6 Å². The summed E-state index contributed by atoms with van der Waals surface area (Å²) in [6, 6.07) is 9.93. The van der Waals surface area contributed by atoms with E-state index in [-0.39, 0.29) is 28.1 Å². The second-order valence-corrected chi connectivity index (χ2v) is 14.0. The van der Waals surface area contributed by atoms with Crippen molar-refractivity contribution in [1.82, 2.24) is 0 Å². The van der Waals surface area contributed by atoms with E-state index in [4.69, 9.17) is 13.6 Å². The zero-order chi connectivity index (χ0) is 18.5. The molecule has 25 heavy (non-hydrogen) atoms. The number of hydrogen-bond donors (Lipinski definition) is 0. The van der Waals surface area contributed by atoms with Crippen LogP contribution >= 0.6 is 0 Å². The molecule has 0 N–H and O–H groups in total. The van der Waals surface area contributed by atoms with E-state index in [1.165, 1.54) is 0 Å². The van der Waals surface area contributed by atoms with Gasteiger partial charge in [0, 0.05) is 16.5 Å². The van der Waals surface area contributed by atoms with Crippen LogP contribution in [-0.4, -0.2) is 33.2 Å². The van der Waals surface area contributed by atoms with Crippen molar-refractivity contribution in [1.29, 1.82) is 0 Å². The molecule has 0 aromatic heterocycles. The van der Waals surface area contributed by atoms with Crippen LogP contribution in [0.5, 0.6) is 0 Å². The number of Topliss-reactive ketones (excluding diaryl/α,β-unsaturated/α-hetero) is 1. The lowest BCUT2D eigenvalue weighted by Gasteiger charge is -2.55. The van der Waals surface area contributed by atoms with Crippen LogP contribution in [0.4, 0.5) is 0 Å². The molecule has 4 nitrogen and oxygen atoms in total. The van der Waals surface area contributed by atoms with Gasteiger partial charge < -0.3 is 13.6 Å². The minimum absolute atomic E-state index is 0.132. The van der Waals surface area contributed by atoms with E-state index in [0.29, 0.717) is 13.0 Å². The van der Waals surface area contributed by atoms with Crippen LogP contribution in [0, 0.1) is 0 Å². The van der Waals surface area contributed by atoms with E-state index in [2.05, 4.69) is 41.5 Å². The van der Waals surface area contributed by atoms with Gasteiger partial charge in [-0.1, -0.05) is 71.9 Å². The molecule has 3 atom stereocenters. The molecule has 2 heterocycles. The molecule has 2 aliphatic rings. The van der Waals surface area contributed by atoms with Gasteiger partial charge in [0.1, 0.15) is 12.2 Å². The van der Waals surface area contributed by atoms with Gasteiger partial charge >= 0.3 is 8.56 Å². The van der Waals surface area contributed by atoms with Crippen LogP contribution in [0.15, 0.2) is 30.3 Å². The number of benzene rings is 1. The molecule has 3 rings (SSSR count). The molecule has 2 aliphatic heterocycles. The Morgan fingerprint density at radius 2 is 1.60 bits per heavy atom. The Hall–Kier alpha value is -1.01. The van der Waals surface area contributed by atoms with E-state index in [0.717, 1.165) is 5.56 Å². The number of ether oxygens (including phenoxy) is 1. The van der Waals surface area contributed by atoms with E-state index < -0.39 is 14.7 Å². The number of rotatable bonds is 1. The number of carbonyl (C=O) groups is 1. The summed E-state index contributed by atoms with van der Waals surface area (Å²) < 4.78 is 19.2. The predicted octanol–water partition coefficient (Wildman–Crippen LogP) is 4.54. The second kappa shape index (κ2) is 6.30. The number of carbonyl (C=O) groups excluding carboxylic acids is 1. The van der Waals surface area contributed by atoms with Crippen molar-refractivity contribution >= 4 is 14.3 Å². The van der Waals surface area contributed by atoms with Gasteiger partial charge in [-0.3, -0.25) is 4.79 Å².